The Morgan fingerprint density at radius 3 is 2.94 bits per heavy atom. The van der Waals surface area contributed by atoms with Gasteiger partial charge >= 0.3 is 0 Å². The number of ether oxygens (including phenoxy) is 1. The Morgan fingerprint density at radius 2 is 2.18 bits per heavy atom. The van der Waals surface area contributed by atoms with E-state index in [1.807, 2.05) is 0 Å². The lowest BCUT2D eigenvalue weighted by Crippen LogP contribution is -1.86. The number of fused-ring (bicyclic) bond motifs is 3. The van der Waals surface area contributed by atoms with Crippen LogP contribution in [-0.4, -0.2) is 17.1 Å². The molecule has 0 aliphatic heterocycles. The van der Waals surface area contributed by atoms with Crippen LogP contribution < -0.4 is 4.74 Å². The standard InChI is InChI=1S/C11H6ClFN2OS/c1-16-7-3-8-5(2-6(7)13)9-10(17-8)11(12)15-4-14-9/h2-4H,1H3. The molecule has 0 unspecified atom stereocenters. The molecule has 0 aliphatic carbocycles. The van der Waals surface area contributed by atoms with Gasteiger partial charge in [-0.2, -0.15) is 0 Å². The molecule has 0 saturated carbocycles. The number of hydrogen-bond acceptors (Lipinski definition) is 4. The molecule has 0 fully saturated rings. The fourth-order valence-corrected chi connectivity index (χ4v) is 3.00. The van der Waals surface area contributed by atoms with Crippen molar-refractivity contribution in [3.63, 3.8) is 0 Å². The largest absolute Gasteiger partial charge is 0.494 e. The lowest BCUT2D eigenvalue weighted by molar-refractivity contribution is 0.387. The smallest absolute Gasteiger partial charge is 0.165 e. The summed E-state index contributed by atoms with van der Waals surface area (Å²) in [5, 5.41) is 1.11. The van der Waals surface area contributed by atoms with Crippen molar-refractivity contribution in [2.45, 2.75) is 0 Å². The van der Waals surface area contributed by atoms with Crippen LogP contribution in [-0.2, 0) is 0 Å². The van der Waals surface area contributed by atoms with E-state index in [1.54, 1.807) is 6.07 Å². The number of thiophene rings is 1. The van der Waals surface area contributed by atoms with Gasteiger partial charge in [0.1, 0.15) is 11.5 Å². The molecular formula is C11H6ClFN2OS. The quantitative estimate of drug-likeness (QED) is 0.632. The van der Waals surface area contributed by atoms with Crippen LogP contribution in [0.3, 0.4) is 0 Å². The molecule has 3 nitrogen and oxygen atoms in total. The highest BCUT2D eigenvalue weighted by Gasteiger charge is 2.13. The Labute approximate surface area is 105 Å². The van der Waals surface area contributed by atoms with Gasteiger partial charge in [-0.05, 0) is 6.07 Å². The van der Waals surface area contributed by atoms with E-state index in [9.17, 15) is 4.39 Å². The number of methoxy groups -OCH3 is 1. The number of nitrogens with zero attached hydrogens (tertiary/aromatic N) is 2. The van der Waals surface area contributed by atoms with Gasteiger partial charge in [-0.1, -0.05) is 11.6 Å². The molecule has 1 aromatic carbocycles. The van der Waals surface area contributed by atoms with Crippen LogP contribution in [0.2, 0.25) is 5.15 Å². The van der Waals surface area contributed by atoms with Crippen molar-refractivity contribution in [2.24, 2.45) is 0 Å². The van der Waals surface area contributed by atoms with Gasteiger partial charge in [-0.25, -0.2) is 14.4 Å². The maximum atomic E-state index is 13.6. The van der Waals surface area contributed by atoms with Crippen LogP contribution >= 0.6 is 22.9 Å². The minimum atomic E-state index is -0.408. The predicted octanol–water partition coefficient (Wildman–Crippen LogP) is 3.65. The number of halogens is 2. The fraction of sp³-hybridized carbons (Fsp3) is 0.0909. The van der Waals surface area contributed by atoms with Gasteiger partial charge in [-0.3, -0.25) is 0 Å². The molecule has 6 heteroatoms. The zero-order valence-corrected chi connectivity index (χ0v) is 10.3. The number of rotatable bonds is 1. The molecular weight excluding hydrogens is 263 g/mol. The number of benzene rings is 1. The summed E-state index contributed by atoms with van der Waals surface area (Å²) in [7, 11) is 1.43. The molecule has 0 spiro atoms. The molecule has 0 aliphatic rings. The van der Waals surface area contributed by atoms with Crippen molar-refractivity contribution in [1.82, 2.24) is 9.97 Å². The highest BCUT2D eigenvalue weighted by Crippen LogP contribution is 2.38. The molecule has 0 bridgehead atoms. The first-order valence-corrected chi connectivity index (χ1v) is 5.96. The van der Waals surface area contributed by atoms with Crippen molar-refractivity contribution < 1.29 is 9.13 Å². The van der Waals surface area contributed by atoms with E-state index in [-0.39, 0.29) is 5.75 Å². The van der Waals surface area contributed by atoms with Crippen molar-refractivity contribution in [2.75, 3.05) is 7.11 Å². The van der Waals surface area contributed by atoms with Crippen LogP contribution in [0.15, 0.2) is 18.5 Å². The van der Waals surface area contributed by atoms with Gasteiger partial charge in [-0.15, -0.1) is 11.3 Å². The molecule has 86 valence electrons. The summed E-state index contributed by atoms with van der Waals surface area (Å²) in [6.07, 6.45) is 1.37. The molecule has 0 radical (unpaired) electrons. The van der Waals surface area contributed by atoms with E-state index in [1.165, 1.54) is 30.8 Å². The average molecular weight is 269 g/mol. The monoisotopic (exact) mass is 268 g/mol. The third kappa shape index (κ3) is 1.54. The van der Waals surface area contributed by atoms with Crippen molar-refractivity contribution in [1.29, 1.82) is 0 Å². The SMILES string of the molecule is COc1cc2sc3c(Cl)ncnc3c2cc1F. The van der Waals surface area contributed by atoms with Gasteiger partial charge in [0.25, 0.3) is 0 Å². The van der Waals surface area contributed by atoms with Gasteiger partial charge < -0.3 is 4.74 Å². The molecule has 17 heavy (non-hydrogen) atoms. The minimum absolute atomic E-state index is 0.216. The topological polar surface area (TPSA) is 35.0 Å². The molecule has 3 aromatic rings. The maximum absolute atomic E-state index is 13.6. The van der Waals surface area contributed by atoms with Crippen LogP contribution in [0, 0.1) is 5.82 Å². The van der Waals surface area contributed by atoms with Crippen LogP contribution in [0.25, 0.3) is 20.3 Å². The lowest BCUT2D eigenvalue weighted by atomic mass is 10.2. The van der Waals surface area contributed by atoms with E-state index in [0.717, 1.165) is 14.8 Å². The lowest BCUT2D eigenvalue weighted by Gasteiger charge is -2.00. The molecule has 0 atom stereocenters. The number of hydrogen-bond donors (Lipinski definition) is 0. The average Bonchev–Trinajstić information content (AvgIpc) is 2.68. The zero-order valence-electron chi connectivity index (χ0n) is 8.70. The minimum Gasteiger partial charge on any atom is -0.494 e. The summed E-state index contributed by atoms with van der Waals surface area (Å²) in [5.74, 6) is -0.192. The van der Waals surface area contributed by atoms with Crippen LogP contribution in [0.1, 0.15) is 0 Å². The van der Waals surface area contributed by atoms with Crippen molar-refractivity contribution in [3.05, 3.63) is 29.4 Å². The highest BCUT2D eigenvalue weighted by molar-refractivity contribution is 7.26. The van der Waals surface area contributed by atoms with E-state index < -0.39 is 5.82 Å². The predicted molar refractivity (Wildman–Crippen MR) is 66.4 cm³/mol. The fourth-order valence-electron chi connectivity index (χ4n) is 1.71. The Morgan fingerprint density at radius 1 is 1.35 bits per heavy atom. The van der Waals surface area contributed by atoms with Crippen LogP contribution in [0.4, 0.5) is 4.39 Å². The summed E-state index contributed by atoms with van der Waals surface area (Å²) in [4.78, 5) is 8.04. The Bertz CT molecular complexity index is 728. The second-order valence-corrected chi connectivity index (χ2v) is 4.84. The molecule has 0 N–H and O–H groups in total. The van der Waals surface area contributed by atoms with Crippen molar-refractivity contribution in [3.8, 4) is 5.75 Å². The normalized spacial score (nSPS) is 11.2. The third-order valence-electron chi connectivity index (χ3n) is 2.48. The first-order chi connectivity index (χ1) is 8.20. The highest BCUT2D eigenvalue weighted by atomic mass is 35.5. The number of aromatic nitrogens is 2. The zero-order chi connectivity index (χ0) is 12.0. The van der Waals surface area contributed by atoms with E-state index in [0.29, 0.717) is 10.7 Å². The second-order valence-electron chi connectivity index (χ2n) is 3.43. The van der Waals surface area contributed by atoms with E-state index in [4.69, 9.17) is 16.3 Å². The van der Waals surface area contributed by atoms with Gasteiger partial charge in [0.2, 0.25) is 0 Å². The summed E-state index contributed by atoms with van der Waals surface area (Å²) in [6, 6.07) is 3.06. The Kier molecular flexibility index (Phi) is 2.38. The van der Waals surface area contributed by atoms with E-state index in [2.05, 4.69) is 9.97 Å². The molecule has 2 heterocycles. The third-order valence-corrected chi connectivity index (χ3v) is 4.03. The summed E-state index contributed by atoms with van der Waals surface area (Å²) in [6.45, 7) is 0. The molecule has 3 rings (SSSR count). The second kappa shape index (κ2) is 3.78. The maximum Gasteiger partial charge on any atom is 0.165 e. The molecule has 2 aromatic heterocycles. The molecule has 0 saturated heterocycles. The summed E-state index contributed by atoms with van der Waals surface area (Å²) < 4.78 is 20.2. The van der Waals surface area contributed by atoms with Crippen LogP contribution in [0.5, 0.6) is 5.75 Å². The van der Waals surface area contributed by atoms with Crippen molar-refractivity contribution >= 4 is 43.2 Å². The molecule has 0 amide bonds. The summed E-state index contributed by atoms with van der Waals surface area (Å²) >= 11 is 7.40. The van der Waals surface area contributed by atoms with Gasteiger partial charge in [0, 0.05) is 16.2 Å². The summed E-state index contributed by atoms with van der Waals surface area (Å²) in [5.41, 5.74) is 0.673. The Balaban J connectivity index is 2.48. The van der Waals surface area contributed by atoms with Gasteiger partial charge in [0.05, 0.1) is 17.3 Å². The first-order valence-electron chi connectivity index (χ1n) is 4.77. The first kappa shape index (κ1) is 10.7. The Hall–Kier alpha value is -1.46. The van der Waals surface area contributed by atoms with Gasteiger partial charge in [0.15, 0.2) is 11.6 Å². The van der Waals surface area contributed by atoms with E-state index >= 15 is 0 Å².